The molecule has 1 aliphatic heterocycles. The molecule has 5 heteroatoms. The van der Waals surface area contributed by atoms with Crippen molar-refractivity contribution in [3.63, 3.8) is 0 Å². The predicted molar refractivity (Wildman–Crippen MR) is 36.3 cm³/mol. The van der Waals surface area contributed by atoms with E-state index in [1.54, 1.807) is 6.08 Å². The third-order valence-corrected chi connectivity index (χ3v) is 1.12. The molecule has 1 heterocycles. The van der Waals surface area contributed by atoms with E-state index in [1.165, 1.54) is 6.08 Å². The first-order valence-corrected chi connectivity index (χ1v) is 3.05. The lowest BCUT2D eigenvalue weighted by molar-refractivity contribution is -0.125. The molecule has 0 saturated heterocycles. The van der Waals surface area contributed by atoms with E-state index in [2.05, 4.69) is 22.4 Å². The highest BCUT2D eigenvalue weighted by Crippen LogP contribution is 2.04. The molecule has 0 bridgehead atoms. The van der Waals surface area contributed by atoms with Crippen LogP contribution in [0.1, 0.15) is 0 Å². The average molecular weight is 157 g/mol. The highest BCUT2D eigenvalue weighted by Gasteiger charge is 2.17. The lowest BCUT2D eigenvalue weighted by Gasteiger charge is -2.10. The van der Waals surface area contributed by atoms with E-state index < -0.39 is 6.23 Å². The summed E-state index contributed by atoms with van der Waals surface area (Å²) in [6.07, 6.45) is 2.23. The molecule has 1 aliphatic rings. The minimum absolute atomic E-state index is 0.208. The van der Waals surface area contributed by atoms with Crippen LogP contribution in [0.5, 0.6) is 0 Å². The van der Waals surface area contributed by atoms with Crippen molar-refractivity contribution in [2.75, 3.05) is 6.61 Å². The van der Waals surface area contributed by atoms with Gasteiger partial charge in [0.15, 0.2) is 0 Å². The molecule has 1 atom stereocenters. The van der Waals surface area contributed by atoms with Crippen LogP contribution < -0.4 is 0 Å². The van der Waals surface area contributed by atoms with Crippen molar-refractivity contribution in [3.8, 4) is 0 Å². The first kappa shape index (κ1) is 7.30. The maximum Gasteiger partial charge on any atom is 0.233 e. The normalized spacial score (nSPS) is 26.0. The third kappa shape index (κ3) is 1.58. The quantitative estimate of drug-likeness (QED) is 0.534. The number of rotatable bonds is 1. The second-order valence-corrected chi connectivity index (χ2v) is 1.85. The molecule has 10 heavy (non-hydrogen) atoms. The monoisotopic (exact) mass is 157 g/mol. The summed E-state index contributed by atoms with van der Waals surface area (Å²) < 4.78 is 7.91. The molecular formula is C5H5N2O2S. The molecule has 0 aromatic rings. The van der Waals surface area contributed by atoms with E-state index in [1.807, 2.05) is 0 Å². The molecule has 1 unspecified atom stereocenters. The Morgan fingerprint density at radius 3 is 3.20 bits per heavy atom. The fraction of sp³-hybridized carbons (Fsp3) is 0.400. The lowest BCUT2D eigenvalue weighted by atomic mass is 10.3. The molecule has 1 rings (SSSR count). The summed E-state index contributed by atoms with van der Waals surface area (Å²) in [5, 5.41) is 3.38. The largest absolute Gasteiger partial charge is 0.344 e. The van der Waals surface area contributed by atoms with Crippen molar-refractivity contribution >= 4 is 18.6 Å². The Balaban J connectivity index is 2.61. The van der Waals surface area contributed by atoms with Crippen LogP contribution >= 0.6 is 12.8 Å². The molecule has 0 fully saturated rings. The van der Waals surface area contributed by atoms with Crippen LogP contribution in [-0.2, 0) is 9.53 Å². The smallest absolute Gasteiger partial charge is 0.233 e. The topological polar surface area (TPSA) is 51.0 Å². The van der Waals surface area contributed by atoms with Crippen LogP contribution in [0.25, 0.3) is 0 Å². The van der Waals surface area contributed by atoms with Crippen LogP contribution in [0.2, 0.25) is 0 Å². The van der Waals surface area contributed by atoms with E-state index in [9.17, 15) is 4.79 Å². The van der Waals surface area contributed by atoms with Crippen LogP contribution in [0.4, 0.5) is 0 Å². The summed E-state index contributed by atoms with van der Waals surface area (Å²) in [4.78, 5) is 10.8. The van der Waals surface area contributed by atoms with Gasteiger partial charge in [-0.1, -0.05) is 10.6 Å². The van der Waals surface area contributed by atoms with E-state index in [0.717, 1.165) is 0 Å². The summed E-state index contributed by atoms with van der Waals surface area (Å²) in [6.45, 7) is 0.394. The first-order valence-electron chi connectivity index (χ1n) is 2.69. The van der Waals surface area contributed by atoms with E-state index >= 15 is 0 Å². The van der Waals surface area contributed by atoms with Gasteiger partial charge >= 0.3 is 0 Å². The Bertz CT molecular complexity index is 190. The van der Waals surface area contributed by atoms with Gasteiger partial charge in [0, 0.05) is 0 Å². The second-order valence-electron chi connectivity index (χ2n) is 1.69. The summed E-state index contributed by atoms with van der Waals surface area (Å²) in [5.41, 5.74) is 0. The van der Waals surface area contributed by atoms with Gasteiger partial charge in [0.2, 0.25) is 12.0 Å². The fourth-order valence-corrected chi connectivity index (χ4v) is 0.694. The number of carbonyl (C=O) groups excluding carboxylic acids is 1. The van der Waals surface area contributed by atoms with Crippen molar-refractivity contribution in [2.45, 2.75) is 6.23 Å². The predicted octanol–water partition coefficient (Wildman–Crippen LogP) is 1.03. The van der Waals surface area contributed by atoms with Crippen molar-refractivity contribution in [1.82, 2.24) is 0 Å². The van der Waals surface area contributed by atoms with Crippen molar-refractivity contribution in [2.24, 2.45) is 9.63 Å². The van der Waals surface area contributed by atoms with E-state index in [4.69, 9.17) is 4.74 Å². The average Bonchev–Trinajstić information content (AvgIpc) is 1.94. The number of ketones is 1. The zero-order chi connectivity index (χ0) is 7.40. The SMILES string of the molecule is O=C1C=CCOC1/N=N/[S]. The highest BCUT2D eigenvalue weighted by molar-refractivity contribution is 7.78. The number of nitrogens with zero attached hydrogens (tertiary/aromatic N) is 2. The van der Waals surface area contributed by atoms with E-state index in [-0.39, 0.29) is 5.78 Å². The second kappa shape index (κ2) is 3.38. The van der Waals surface area contributed by atoms with Gasteiger partial charge < -0.3 is 4.74 Å². The van der Waals surface area contributed by atoms with Gasteiger partial charge in [-0.3, -0.25) is 4.79 Å². The first-order chi connectivity index (χ1) is 4.84. The van der Waals surface area contributed by atoms with Crippen LogP contribution in [0.3, 0.4) is 0 Å². The maximum atomic E-state index is 10.8. The molecule has 4 nitrogen and oxygen atoms in total. The van der Waals surface area contributed by atoms with E-state index in [0.29, 0.717) is 6.61 Å². The van der Waals surface area contributed by atoms with Crippen LogP contribution in [0, 0.1) is 0 Å². The minimum Gasteiger partial charge on any atom is -0.344 e. The third-order valence-electron chi connectivity index (χ3n) is 1.03. The summed E-state index contributed by atoms with van der Waals surface area (Å²) in [5.74, 6) is -0.208. The Kier molecular flexibility index (Phi) is 2.47. The number of ether oxygens (including phenoxy) is 1. The Morgan fingerprint density at radius 1 is 1.80 bits per heavy atom. The molecule has 0 aromatic carbocycles. The Hall–Kier alpha value is -0.810. The molecule has 0 spiro atoms. The standard InChI is InChI=1S/C5H5N2O2S/c8-4-2-1-3-9-5(4)6-7-10/h1-2,5H,3H2/b7-6+. The summed E-state index contributed by atoms with van der Waals surface area (Å²) >= 11 is 4.19. The van der Waals surface area contributed by atoms with Crippen molar-refractivity contribution in [1.29, 1.82) is 0 Å². The van der Waals surface area contributed by atoms with Crippen molar-refractivity contribution < 1.29 is 9.53 Å². The fourth-order valence-electron chi connectivity index (χ4n) is 0.608. The van der Waals surface area contributed by atoms with Gasteiger partial charge in [0.25, 0.3) is 0 Å². The molecule has 0 aromatic heterocycles. The van der Waals surface area contributed by atoms with Gasteiger partial charge in [-0.15, -0.1) is 5.11 Å². The van der Waals surface area contributed by atoms with Crippen LogP contribution in [-0.4, -0.2) is 18.6 Å². The van der Waals surface area contributed by atoms with Gasteiger partial charge in [-0.2, -0.15) is 0 Å². The molecule has 53 valence electrons. The van der Waals surface area contributed by atoms with Crippen LogP contribution in [0.15, 0.2) is 21.8 Å². The molecule has 1 radical (unpaired) electrons. The molecule has 0 aliphatic carbocycles. The number of hydrogen-bond acceptors (Lipinski definition) is 4. The zero-order valence-electron chi connectivity index (χ0n) is 5.06. The Morgan fingerprint density at radius 2 is 2.60 bits per heavy atom. The molecule has 0 saturated carbocycles. The zero-order valence-corrected chi connectivity index (χ0v) is 5.87. The van der Waals surface area contributed by atoms with Gasteiger partial charge in [0.05, 0.1) is 19.4 Å². The summed E-state index contributed by atoms with van der Waals surface area (Å²) in [6, 6.07) is 0. The van der Waals surface area contributed by atoms with Crippen molar-refractivity contribution in [3.05, 3.63) is 12.2 Å². The van der Waals surface area contributed by atoms with Gasteiger partial charge in [0.1, 0.15) is 0 Å². The number of carbonyl (C=O) groups is 1. The summed E-state index contributed by atoms with van der Waals surface area (Å²) in [7, 11) is 0. The maximum absolute atomic E-state index is 10.8. The number of hydrogen-bond donors (Lipinski definition) is 0. The molecule has 0 N–H and O–H groups in total. The highest BCUT2D eigenvalue weighted by atomic mass is 32.1. The lowest BCUT2D eigenvalue weighted by Crippen LogP contribution is -2.23. The van der Waals surface area contributed by atoms with Gasteiger partial charge in [-0.05, 0) is 6.08 Å². The Labute approximate surface area is 63.5 Å². The molecular weight excluding hydrogens is 152 g/mol. The van der Waals surface area contributed by atoms with Gasteiger partial charge in [-0.25, -0.2) is 0 Å². The minimum atomic E-state index is -0.803. The molecule has 0 amide bonds.